The molecule has 1 aromatic carbocycles. The van der Waals surface area contributed by atoms with Crippen LogP contribution in [0, 0.1) is 5.92 Å². The van der Waals surface area contributed by atoms with Gasteiger partial charge >= 0.3 is 0 Å². The number of nitrogens with one attached hydrogen (secondary N) is 3. The van der Waals surface area contributed by atoms with Crippen molar-refractivity contribution in [3.05, 3.63) is 65.9 Å². The van der Waals surface area contributed by atoms with Gasteiger partial charge in [0, 0.05) is 26.2 Å². The van der Waals surface area contributed by atoms with Crippen molar-refractivity contribution >= 4 is 17.7 Å². The van der Waals surface area contributed by atoms with Crippen molar-refractivity contribution in [2.45, 2.75) is 44.7 Å². The van der Waals surface area contributed by atoms with Crippen LogP contribution in [-0.2, 0) is 18.4 Å². The average Bonchev–Trinajstić information content (AvgIpc) is 3.55. The van der Waals surface area contributed by atoms with E-state index in [9.17, 15) is 14.4 Å². The van der Waals surface area contributed by atoms with Crippen molar-refractivity contribution in [3.8, 4) is 11.3 Å². The van der Waals surface area contributed by atoms with Gasteiger partial charge in [-0.3, -0.25) is 14.4 Å². The number of rotatable bonds is 8. The SMILES string of the molecule is CNC(=O)[C@@H](NC(=O)c1ccc(-c2cccc(CNC(=O)c3cncn3C)c2)o1)C1CCCCC1. The normalized spacial score (nSPS) is 14.8. The number of amides is 3. The molecule has 0 spiro atoms. The zero-order valence-corrected chi connectivity index (χ0v) is 20.0. The van der Waals surface area contributed by atoms with Gasteiger partial charge in [-0.15, -0.1) is 0 Å². The van der Waals surface area contributed by atoms with Crippen LogP contribution in [0.25, 0.3) is 11.3 Å². The van der Waals surface area contributed by atoms with Crippen LogP contribution >= 0.6 is 0 Å². The van der Waals surface area contributed by atoms with Gasteiger partial charge in [0.1, 0.15) is 17.5 Å². The molecule has 3 amide bonds. The summed E-state index contributed by atoms with van der Waals surface area (Å²) < 4.78 is 7.50. The number of carbonyl (C=O) groups is 3. The third kappa shape index (κ3) is 5.79. The monoisotopic (exact) mass is 477 g/mol. The van der Waals surface area contributed by atoms with Gasteiger partial charge in [0.15, 0.2) is 5.76 Å². The third-order valence-electron chi connectivity index (χ3n) is 6.48. The Morgan fingerprint density at radius 1 is 1.11 bits per heavy atom. The van der Waals surface area contributed by atoms with Gasteiger partial charge in [-0.25, -0.2) is 4.98 Å². The molecular weight excluding hydrogens is 446 g/mol. The average molecular weight is 478 g/mol. The summed E-state index contributed by atoms with van der Waals surface area (Å²) in [5.74, 6) is 0.00739. The lowest BCUT2D eigenvalue weighted by Gasteiger charge is -2.29. The highest BCUT2D eigenvalue weighted by Crippen LogP contribution is 2.28. The number of aromatic nitrogens is 2. The maximum absolute atomic E-state index is 12.9. The summed E-state index contributed by atoms with van der Waals surface area (Å²) in [5, 5.41) is 8.43. The number of benzene rings is 1. The van der Waals surface area contributed by atoms with E-state index in [2.05, 4.69) is 20.9 Å². The Kier molecular flexibility index (Phi) is 7.64. The van der Waals surface area contributed by atoms with Gasteiger partial charge in [0.25, 0.3) is 11.8 Å². The molecule has 1 atom stereocenters. The van der Waals surface area contributed by atoms with Crippen molar-refractivity contribution in [2.24, 2.45) is 13.0 Å². The molecule has 35 heavy (non-hydrogen) atoms. The summed E-state index contributed by atoms with van der Waals surface area (Å²) >= 11 is 0. The first-order chi connectivity index (χ1) is 17.0. The Labute approximate surface area is 204 Å². The Balaban J connectivity index is 1.42. The summed E-state index contributed by atoms with van der Waals surface area (Å²) in [5.41, 5.74) is 2.15. The number of hydrogen-bond acceptors (Lipinski definition) is 5. The first-order valence-electron chi connectivity index (χ1n) is 11.9. The number of furan rings is 1. The molecule has 184 valence electrons. The molecule has 1 aliphatic carbocycles. The van der Waals surface area contributed by atoms with E-state index < -0.39 is 11.9 Å². The van der Waals surface area contributed by atoms with Crippen LogP contribution in [0.15, 0.2) is 53.3 Å². The molecule has 3 aromatic rings. The molecule has 2 heterocycles. The van der Waals surface area contributed by atoms with E-state index in [0.29, 0.717) is 18.0 Å². The molecule has 2 aromatic heterocycles. The highest BCUT2D eigenvalue weighted by atomic mass is 16.4. The number of nitrogens with zero attached hydrogens (tertiary/aromatic N) is 2. The lowest BCUT2D eigenvalue weighted by atomic mass is 9.83. The minimum absolute atomic E-state index is 0.125. The minimum Gasteiger partial charge on any atom is -0.451 e. The van der Waals surface area contributed by atoms with E-state index >= 15 is 0 Å². The van der Waals surface area contributed by atoms with Crippen molar-refractivity contribution in [2.75, 3.05) is 7.05 Å². The number of carbonyl (C=O) groups excluding carboxylic acids is 3. The fraction of sp³-hybridized carbons (Fsp3) is 0.385. The van der Waals surface area contributed by atoms with Crippen LogP contribution < -0.4 is 16.0 Å². The van der Waals surface area contributed by atoms with Gasteiger partial charge < -0.3 is 24.9 Å². The number of hydrogen-bond donors (Lipinski definition) is 3. The molecule has 0 saturated heterocycles. The second-order valence-electron chi connectivity index (χ2n) is 8.90. The molecule has 0 unspecified atom stereocenters. The second-order valence-corrected chi connectivity index (χ2v) is 8.90. The molecule has 0 bridgehead atoms. The Morgan fingerprint density at radius 2 is 1.91 bits per heavy atom. The molecule has 9 nitrogen and oxygen atoms in total. The molecule has 3 N–H and O–H groups in total. The summed E-state index contributed by atoms with van der Waals surface area (Å²) in [6, 6.07) is 10.3. The minimum atomic E-state index is -0.576. The van der Waals surface area contributed by atoms with E-state index in [1.807, 2.05) is 24.3 Å². The van der Waals surface area contributed by atoms with Crippen LogP contribution in [0.5, 0.6) is 0 Å². The second kappa shape index (κ2) is 11.0. The summed E-state index contributed by atoms with van der Waals surface area (Å²) in [7, 11) is 3.35. The number of imidazole rings is 1. The van der Waals surface area contributed by atoms with Crippen molar-refractivity contribution in [1.29, 1.82) is 0 Å². The fourth-order valence-electron chi connectivity index (χ4n) is 4.53. The largest absolute Gasteiger partial charge is 0.451 e. The Bertz CT molecular complexity index is 1190. The van der Waals surface area contributed by atoms with Crippen molar-refractivity contribution < 1.29 is 18.8 Å². The van der Waals surface area contributed by atoms with Crippen LogP contribution in [0.3, 0.4) is 0 Å². The topological polar surface area (TPSA) is 118 Å². The number of likely N-dealkylation sites (N-methyl/N-ethyl adjacent to an activating group) is 1. The van der Waals surface area contributed by atoms with Crippen LogP contribution in [-0.4, -0.2) is 40.4 Å². The van der Waals surface area contributed by atoms with E-state index in [0.717, 1.165) is 36.8 Å². The maximum Gasteiger partial charge on any atom is 0.287 e. The third-order valence-corrected chi connectivity index (χ3v) is 6.48. The summed E-state index contributed by atoms with van der Waals surface area (Å²) in [6.45, 7) is 0.334. The predicted octanol–water partition coefficient (Wildman–Crippen LogP) is 3.03. The van der Waals surface area contributed by atoms with Gasteiger partial charge in [-0.1, -0.05) is 37.5 Å². The molecule has 1 aliphatic rings. The van der Waals surface area contributed by atoms with Gasteiger partial charge in [0.05, 0.1) is 12.5 Å². The predicted molar refractivity (Wildman–Crippen MR) is 130 cm³/mol. The molecule has 1 saturated carbocycles. The highest BCUT2D eigenvalue weighted by molar-refractivity contribution is 5.96. The molecular formula is C26H31N5O4. The first kappa shape index (κ1) is 24.3. The highest BCUT2D eigenvalue weighted by Gasteiger charge is 2.31. The smallest absolute Gasteiger partial charge is 0.287 e. The standard InChI is InChI=1S/C26H31N5O4/c1-27-26(34)23(18-8-4-3-5-9-18)30-25(33)22-12-11-21(35-22)19-10-6-7-17(13-19)14-29-24(32)20-15-28-16-31(20)2/h6-7,10-13,15-16,18,23H,3-5,8-9,14H2,1-2H3,(H,27,34)(H,29,32)(H,30,33)/t23-/m0/s1. The molecule has 0 radical (unpaired) electrons. The van der Waals surface area contributed by atoms with Crippen LogP contribution in [0.2, 0.25) is 0 Å². The number of aryl methyl sites for hydroxylation is 1. The fourth-order valence-corrected chi connectivity index (χ4v) is 4.53. The first-order valence-corrected chi connectivity index (χ1v) is 11.9. The van der Waals surface area contributed by atoms with Gasteiger partial charge in [-0.2, -0.15) is 0 Å². The lowest BCUT2D eigenvalue weighted by Crippen LogP contribution is -2.50. The Morgan fingerprint density at radius 3 is 2.63 bits per heavy atom. The zero-order valence-electron chi connectivity index (χ0n) is 20.0. The van der Waals surface area contributed by atoms with E-state index in [-0.39, 0.29) is 23.5 Å². The van der Waals surface area contributed by atoms with E-state index in [4.69, 9.17) is 4.42 Å². The van der Waals surface area contributed by atoms with Crippen LogP contribution in [0.1, 0.15) is 58.7 Å². The lowest BCUT2D eigenvalue weighted by molar-refractivity contribution is -0.124. The molecule has 0 aliphatic heterocycles. The quantitative estimate of drug-likeness (QED) is 0.461. The molecule has 4 rings (SSSR count). The van der Waals surface area contributed by atoms with E-state index in [1.165, 1.54) is 12.6 Å². The van der Waals surface area contributed by atoms with Crippen LogP contribution in [0.4, 0.5) is 0 Å². The molecule has 1 fully saturated rings. The zero-order chi connectivity index (χ0) is 24.8. The van der Waals surface area contributed by atoms with Gasteiger partial charge in [0.2, 0.25) is 5.91 Å². The van der Waals surface area contributed by atoms with Crippen molar-refractivity contribution in [1.82, 2.24) is 25.5 Å². The summed E-state index contributed by atoms with van der Waals surface area (Å²) in [4.78, 5) is 41.7. The van der Waals surface area contributed by atoms with Crippen molar-refractivity contribution in [3.63, 3.8) is 0 Å². The Hall–Kier alpha value is -3.88. The van der Waals surface area contributed by atoms with Gasteiger partial charge in [-0.05, 0) is 42.5 Å². The summed E-state index contributed by atoms with van der Waals surface area (Å²) in [6.07, 6.45) is 8.24. The van der Waals surface area contributed by atoms with E-state index in [1.54, 1.807) is 37.1 Å². The molecule has 9 heteroatoms. The maximum atomic E-state index is 12.9.